The van der Waals surface area contributed by atoms with Gasteiger partial charge in [0.25, 0.3) is 0 Å². The van der Waals surface area contributed by atoms with Crippen molar-refractivity contribution in [2.75, 3.05) is 58.9 Å². The Balaban J connectivity index is 0.00000288. The van der Waals surface area contributed by atoms with Gasteiger partial charge in [0.05, 0.1) is 0 Å². The van der Waals surface area contributed by atoms with Crippen LogP contribution < -0.4 is 21.3 Å². The van der Waals surface area contributed by atoms with E-state index < -0.39 is 5.00 Å². The Morgan fingerprint density at radius 2 is 1.25 bits per heavy atom. The Morgan fingerprint density at radius 3 is 1.83 bits per heavy atom. The second kappa shape index (κ2) is 13.1. The number of rotatable bonds is 1. The van der Waals surface area contributed by atoms with E-state index in [1.165, 1.54) is 32.1 Å². The summed E-state index contributed by atoms with van der Waals surface area (Å²) in [7, 11) is 0. The van der Waals surface area contributed by atoms with Crippen LogP contribution in [0.1, 0.15) is 32.1 Å². The fourth-order valence-corrected chi connectivity index (χ4v) is 4.18. The maximum absolute atomic E-state index is 7.08. The zero-order valence-electron chi connectivity index (χ0n) is 14.6. The number of halogens is 2. The van der Waals surface area contributed by atoms with E-state index in [-0.39, 0.29) is 17.1 Å². The third-order valence-electron chi connectivity index (χ3n) is 4.93. The van der Waals surface area contributed by atoms with Crippen molar-refractivity contribution < 1.29 is 17.1 Å². The molecule has 2 fully saturated rings. The van der Waals surface area contributed by atoms with Crippen molar-refractivity contribution in [3.63, 3.8) is 0 Å². The van der Waals surface area contributed by atoms with Gasteiger partial charge in [-0.3, -0.25) is 0 Å². The van der Waals surface area contributed by atoms with Gasteiger partial charge in [-0.05, 0) is 30.5 Å². The summed E-state index contributed by atoms with van der Waals surface area (Å²) in [6, 6.07) is 0. The van der Waals surface area contributed by atoms with Gasteiger partial charge in [-0.1, -0.05) is 30.9 Å². The van der Waals surface area contributed by atoms with Crippen LogP contribution in [0.15, 0.2) is 0 Å². The second-order valence-electron chi connectivity index (χ2n) is 6.67. The first-order chi connectivity index (χ1) is 11.2. The average molecular weight is 421 g/mol. The Bertz CT molecular complexity index is 321. The molecule has 2 aliphatic rings. The molecule has 8 heteroatoms. The fourth-order valence-electron chi connectivity index (χ4n) is 3.51. The molecule has 0 spiro atoms. The largest absolute Gasteiger partial charge is 2.00 e. The van der Waals surface area contributed by atoms with E-state index in [4.69, 9.17) is 23.4 Å². The number of nitrogens with one attached hydrogen (secondary N) is 4. The third kappa shape index (κ3) is 7.65. The van der Waals surface area contributed by atoms with Crippen molar-refractivity contribution in [1.82, 2.24) is 25.7 Å². The molecule has 0 amide bonds. The Kier molecular flexibility index (Phi) is 12.5. The number of alkyl halides is 1. The minimum absolute atomic E-state index is 0. The third-order valence-corrected chi connectivity index (χ3v) is 6.13. The second-order valence-corrected chi connectivity index (χ2v) is 7.73. The minimum Gasteiger partial charge on any atom is -0.314 e. The van der Waals surface area contributed by atoms with E-state index >= 15 is 0 Å². The maximum atomic E-state index is 7.08. The molecule has 0 aromatic heterocycles. The van der Waals surface area contributed by atoms with E-state index in [2.05, 4.69) is 21.3 Å². The molecule has 5 nitrogen and oxygen atoms in total. The van der Waals surface area contributed by atoms with Gasteiger partial charge in [0.2, 0.25) is 0 Å². The van der Waals surface area contributed by atoms with Crippen LogP contribution in [0.2, 0.25) is 0 Å². The predicted molar refractivity (Wildman–Crippen MR) is 99.2 cm³/mol. The topological polar surface area (TPSA) is 51.4 Å². The van der Waals surface area contributed by atoms with Crippen LogP contribution in [0, 0.1) is 5.92 Å². The molecule has 141 valence electrons. The Labute approximate surface area is 167 Å². The number of hydrogen-bond donors (Lipinski definition) is 4. The first-order valence-corrected chi connectivity index (χ1v) is 9.90. The molecule has 1 saturated carbocycles. The van der Waals surface area contributed by atoms with E-state index in [1.54, 1.807) is 0 Å². The molecule has 0 bridgehead atoms. The van der Waals surface area contributed by atoms with Gasteiger partial charge >= 0.3 is 17.1 Å². The molecule has 1 atom stereocenters. The Morgan fingerprint density at radius 1 is 0.750 bits per heavy atom. The number of hydrogen-bond acceptors (Lipinski definition) is 5. The molecule has 1 aliphatic heterocycles. The van der Waals surface area contributed by atoms with Crippen molar-refractivity contribution in [1.29, 1.82) is 0 Å². The Hall–Kier alpha value is 0.899. The van der Waals surface area contributed by atoms with Gasteiger partial charge in [-0.25, -0.2) is 0 Å². The molecule has 24 heavy (non-hydrogen) atoms. The van der Waals surface area contributed by atoms with Gasteiger partial charge in [0.15, 0.2) is 0 Å². The molecule has 1 aliphatic carbocycles. The van der Waals surface area contributed by atoms with E-state index in [1.807, 2.05) is 4.42 Å². The first-order valence-electron chi connectivity index (χ1n) is 9.18. The van der Waals surface area contributed by atoms with Crippen LogP contribution in [0.3, 0.4) is 0 Å². The van der Waals surface area contributed by atoms with Crippen LogP contribution in [-0.4, -0.2) is 68.3 Å². The van der Waals surface area contributed by atoms with Crippen molar-refractivity contribution in [3.05, 3.63) is 0 Å². The maximum Gasteiger partial charge on any atom is 2.00 e. The summed E-state index contributed by atoms with van der Waals surface area (Å²) in [6.07, 6.45) is 6.25. The molecular weight excluding hydrogens is 388 g/mol. The van der Waals surface area contributed by atoms with Crippen molar-refractivity contribution in [2.24, 2.45) is 5.92 Å². The molecule has 1 unspecified atom stereocenters. The van der Waals surface area contributed by atoms with Crippen molar-refractivity contribution in [2.45, 2.75) is 37.1 Å². The molecule has 4 N–H and O–H groups in total. The van der Waals surface area contributed by atoms with E-state index in [9.17, 15) is 0 Å². The quantitative estimate of drug-likeness (QED) is 0.223. The smallest absolute Gasteiger partial charge is 0.314 e. The van der Waals surface area contributed by atoms with Crippen LogP contribution >= 0.6 is 23.4 Å². The normalized spacial score (nSPS) is 30.8. The zero-order chi connectivity index (χ0) is 16.4. The summed E-state index contributed by atoms with van der Waals surface area (Å²) in [5.41, 5.74) is 0. The zero-order valence-corrected chi connectivity index (χ0v) is 17.3. The molecule has 0 aromatic carbocycles. The van der Waals surface area contributed by atoms with E-state index in [0.29, 0.717) is 5.92 Å². The standard InChI is InChI=1S/C16H33Cl2N5.Mn/c17-16(15-4-2-1-3-5-15)14-22-11-10-20-7-6-19-8-9-21-12-13-23(16)18;/h15,19-22H,1-14H2;/q;+2. The summed E-state index contributed by atoms with van der Waals surface area (Å²) in [6.45, 7) is 8.19. The molecule has 0 aromatic rings. The summed E-state index contributed by atoms with van der Waals surface area (Å²) in [5, 5.41) is 13.8. The first kappa shape index (κ1) is 22.9. The fraction of sp³-hybridized carbons (Fsp3) is 1.00. The van der Waals surface area contributed by atoms with Gasteiger partial charge in [-0.15, -0.1) is 0 Å². The summed E-state index contributed by atoms with van der Waals surface area (Å²) >= 11 is 13.7. The summed E-state index contributed by atoms with van der Waals surface area (Å²) in [4.78, 5) is -0.484. The minimum atomic E-state index is -0.484. The van der Waals surface area contributed by atoms with Crippen LogP contribution in [-0.2, 0) is 17.1 Å². The summed E-state index contributed by atoms with van der Waals surface area (Å²) in [5.74, 6) is 0.466. The number of nitrogens with zero attached hydrogens (tertiary/aromatic N) is 1. The molecule has 1 saturated heterocycles. The van der Waals surface area contributed by atoms with Gasteiger partial charge in [0.1, 0.15) is 5.00 Å². The van der Waals surface area contributed by atoms with Gasteiger partial charge < -0.3 is 21.3 Å². The molecule has 1 radical (unpaired) electrons. The SMILES string of the molecule is ClN1CCNCCNCCNCCNCC1(Cl)C1CCCCC1.[Mn+2]. The molecule has 2 rings (SSSR count). The van der Waals surface area contributed by atoms with E-state index in [0.717, 1.165) is 58.9 Å². The molecule has 1 heterocycles. The summed E-state index contributed by atoms with van der Waals surface area (Å²) < 4.78 is 1.85. The van der Waals surface area contributed by atoms with Crippen molar-refractivity contribution >= 4 is 23.4 Å². The van der Waals surface area contributed by atoms with Crippen molar-refractivity contribution in [3.8, 4) is 0 Å². The van der Waals surface area contributed by atoms with Gasteiger partial charge in [-0.2, -0.15) is 4.42 Å². The predicted octanol–water partition coefficient (Wildman–Crippen LogP) is 1.33. The monoisotopic (exact) mass is 420 g/mol. The van der Waals surface area contributed by atoms with Gasteiger partial charge in [0, 0.05) is 58.9 Å². The molecular formula is C16H33Cl2MnN5+2. The van der Waals surface area contributed by atoms with Crippen LogP contribution in [0.5, 0.6) is 0 Å². The van der Waals surface area contributed by atoms with Crippen LogP contribution in [0.4, 0.5) is 0 Å². The average Bonchev–Trinajstić information content (AvgIpc) is 2.59. The van der Waals surface area contributed by atoms with Crippen LogP contribution in [0.25, 0.3) is 0 Å².